The molecule has 1 unspecified atom stereocenters. The van der Waals surface area contributed by atoms with Crippen LogP contribution in [0.15, 0.2) is 91.1 Å². The molecule has 2 aromatic carbocycles. The summed E-state index contributed by atoms with van der Waals surface area (Å²) in [6.45, 7) is 3.81. The van der Waals surface area contributed by atoms with E-state index in [4.69, 9.17) is 0 Å². The van der Waals surface area contributed by atoms with Gasteiger partial charge < -0.3 is 0 Å². The summed E-state index contributed by atoms with van der Waals surface area (Å²) in [5.41, 5.74) is 4.50. The maximum absolute atomic E-state index is 10.1. The van der Waals surface area contributed by atoms with Crippen LogP contribution in [-0.4, -0.2) is 0 Å². The third-order valence-corrected chi connectivity index (χ3v) is 7.10. The Morgan fingerprint density at radius 3 is 2.34 bits per heavy atom. The zero-order valence-corrected chi connectivity index (χ0v) is 18.8. The molecule has 1 saturated carbocycles. The van der Waals surface area contributed by atoms with Crippen LogP contribution in [0.4, 0.5) is 0 Å². The van der Waals surface area contributed by atoms with Crippen LogP contribution in [0.1, 0.15) is 61.1 Å². The number of allylic oxidation sites excluding steroid dienone is 5. The minimum Gasteiger partial charge on any atom is -0.197 e. The van der Waals surface area contributed by atoms with Crippen molar-refractivity contribution in [2.45, 2.75) is 50.9 Å². The number of nitrogens with zero attached hydrogens (tertiary/aromatic N) is 1. The highest BCUT2D eigenvalue weighted by Gasteiger charge is 2.39. The molecule has 4 rings (SSSR count). The first-order chi connectivity index (χ1) is 15.7. The molecule has 0 radical (unpaired) electrons. The van der Waals surface area contributed by atoms with Crippen molar-refractivity contribution in [3.8, 4) is 17.9 Å². The van der Waals surface area contributed by atoms with Gasteiger partial charge in [-0.2, -0.15) is 5.26 Å². The second-order valence-electron chi connectivity index (χ2n) is 9.08. The summed E-state index contributed by atoms with van der Waals surface area (Å²) in [5.74, 6) is 7.52. The largest absolute Gasteiger partial charge is 0.197 e. The van der Waals surface area contributed by atoms with E-state index in [2.05, 4.69) is 67.0 Å². The molecule has 1 nitrogen and oxygen atoms in total. The molecule has 0 aliphatic heterocycles. The monoisotopic (exact) mass is 417 g/mol. The van der Waals surface area contributed by atoms with Gasteiger partial charge >= 0.3 is 0 Å². The van der Waals surface area contributed by atoms with Gasteiger partial charge in [-0.1, -0.05) is 72.5 Å². The van der Waals surface area contributed by atoms with Gasteiger partial charge in [0.25, 0.3) is 0 Å². The molecular formula is C31H31N. The first kappa shape index (κ1) is 21.9. The van der Waals surface area contributed by atoms with E-state index in [0.29, 0.717) is 11.8 Å². The highest BCUT2D eigenvalue weighted by Crippen LogP contribution is 2.47. The topological polar surface area (TPSA) is 23.8 Å². The van der Waals surface area contributed by atoms with Crippen LogP contribution >= 0.6 is 0 Å². The van der Waals surface area contributed by atoms with E-state index in [9.17, 15) is 5.26 Å². The Labute approximate surface area is 193 Å². The molecule has 2 aromatic rings. The molecule has 2 aliphatic carbocycles. The molecule has 160 valence electrons. The Hall–Kier alpha value is -3.29. The van der Waals surface area contributed by atoms with Crippen LogP contribution in [0.3, 0.4) is 0 Å². The number of aryl methyl sites for hydroxylation is 1. The Morgan fingerprint density at radius 1 is 0.969 bits per heavy atom. The lowest BCUT2D eigenvalue weighted by molar-refractivity contribution is 0.212. The minimum absolute atomic E-state index is 0.378. The average Bonchev–Trinajstić information content (AvgIpc) is 2.88. The van der Waals surface area contributed by atoms with Gasteiger partial charge in [0.15, 0.2) is 0 Å². The fourth-order valence-electron chi connectivity index (χ4n) is 5.06. The molecule has 1 fully saturated rings. The van der Waals surface area contributed by atoms with Gasteiger partial charge in [-0.05, 0) is 86.1 Å². The fraction of sp³-hybridized carbons (Fsp3) is 0.323. The van der Waals surface area contributed by atoms with Gasteiger partial charge in [0, 0.05) is 11.1 Å². The Kier molecular flexibility index (Phi) is 7.09. The summed E-state index contributed by atoms with van der Waals surface area (Å²) in [7, 11) is 0. The molecule has 1 atom stereocenters. The zero-order valence-electron chi connectivity index (χ0n) is 18.8. The summed E-state index contributed by atoms with van der Waals surface area (Å²) in [4.78, 5) is 0. The number of rotatable bonds is 5. The van der Waals surface area contributed by atoms with Crippen molar-refractivity contribution < 1.29 is 0 Å². The normalized spacial score (nSPS) is 24.5. The third-order valence-electron chi connectivity index (χ3n) is 7.10. The van der Waals surface area contributed by atoms with Crippen molar-refractivity contribution in [1.82, 2.24) is 0 Å². The second kappa shape index (κ2) is 10.3. The predicted octanol–water partition coefficient (Wildman–Crippen LogP) is 7.53. The van der Waals surface area contributed by atoms with Crippen molar-refractivity contribution in [3.05, 3.63) is 108 Å². The average molecular weight is 418 g/mol. The fourth-order valence-corrected chi connectivity index (χ4v) is 5.06. The van der Waals surface area contributed by atoms with Gasteiger partial charge in [-0.25, -0.2) is 0 Å². The van der Waals surface area contributed by atoms with Crippen molar-refractivity contribution in [1.29, 1.82) is 5.26 Å². The summed E-state index contributed by atoms with van der Waals surface area (Å²) >= 11 is 0. The standard InChI is InChI=1S/C31H31N/c1-2-3-7-26-12-14-28(15-13-26)29-16-18-30(19-17-29)31(24-32)22-20-27(21-23-31)11-10-25-8-5-4-6-9-25/h2,4-6,8-9,12-15,20-22,29-30H,1,3,7,16-19,23H2/t29-,30-,31?. The van der Waals surface area contributed by atoms with Gasteiger partial charge in [-0.3, -0.25) is 0 Å². The lowest BCUT2D eigenvalue weighted by atomic mass is 9.64. The van der Waals surface area contributed by atoms with Crippen LogP contribution in [-0.2, 0) is 6.42 Å². The Balaban J connectivity index is 1.36. The Bertz CT molecular complexity index is 1080. The van der Waals surface area contributed by atoms with Crippen LogP contribution in [0, 0.1) is 34.5 Å². The highest BCUT2D eigenvalue weighted by atomic mass is 14.4. The number of hydrogen-bond donors (Lipinski definition) is 0. The van der Waals surface area contributed by atoms with Gasteiger partial charge in [0.1, 0.15) is 0 Å². The molecular weight excluding hydrogens is 386 g/mol. The predicted molar refractivity (Wildman–Crippen MR) is 133 cm³/mol. The summed E-state index contributed by atoms with van der Waals surface area (Å²) in [5, 5.41) is 10.1. The van der Waals surface area contributed by atoms with Gasteiger partial charge in [0.05, 0.1) is 11.5 Å². The molecule has 0 saturated heterocycles. The van der Waals surface area contributed by atoms with Crippen molar-refractivity contribution in [2.24, 2.45) is 11.3 Å². The SMILES string of the molecule is C=CCCc1ccc([C@H]2CC[C@H](C3(C#N)C=CC(C#Cc4ccccc4)=CC3)CC2)cc1. The van der Waals surface area contributed by atoms with E-state index < -0.39 is 0 Å². The van der Waals surface area contributed by atoms with E-state index in [-0.39, 0.29) is 5.41 Å². The zero-order chi connectivity index (χ0) is 22.2. The van der Waals surface area contributed by atoms with Crippen molar-refractivity contribution in [3.63, 3.8) is 0 Å². The molecule has 1 heteroatoms. The van der Waals surface area contributed by atoms with Gasteiger partial charge in [-0.15, -0.1) is 6.58 Å². The molecule has 0 amide bonds. The lowest BCUT2D eigenvalue weighted by Crippen LogP contribution is -2.31. The van der Waals surface area contributed by atoms with E-state index in [0.717, 1.165) is 43.2 Å². The molecule has 0 aromatic heterocycles. The maximum Gasteiger partial charge on any atom is 0.0819 e. The quantitative estimate of drug-likeness (QED) is 0.364. The molecule has 32 heavy (non-hydrogen) atoms. The number of hydrogen-bond acceptors (Lipinski definition) is 1. The van der Waals surface area contributed by atoms with Crippen LogP contribution in [0.2, 0.25) is 0 Å². The van der Waals surface area contributed by atoms with Gasteiger partial charge in [0.2, 0.25) is 0 Å². The van der Waals surface area contributed by atoms with Crippen molar-refractivity contribution >= 4 is 0 Å². The summed E-state index contributed by atoms with van der Waals surface area (Å²) in [6.07, 6.45) is 15.8. The lowest BCUT2D eigenvalue weighted by Gasteiger charge is -2.38. The van der Waals surface area contributed by atoms with E-state index in [1.54, 1.807) is 0 Å². The first-order valence-electron chi connectivity index (χ1n) is 11.8. The first-order valence-corrected chi connectivity index (χ1v) is 11.8. The van der Waals surface area contributed by atoms with Crippen LogP contribution in [0.25, 0.3) is 0 Å². The molecule has 0 N–H and O–H groups in total. The summed E-state index contributed by atoms with van der Waals surface area (Å²) in [6, 6.07) is 21.9. The van der Waals surface area contributed by atoms with E-state index in [1.165, 1.54) is 24.0 Å². The van der Waals surface area contributed by atoms with E-state index >= 15 is 0 Å². The molecule has 0 heterocycles. The molecule has 0 spiro atoms. The van der Waals surface area contributed by atoms with Crippen molar-refractivity contribution in [2.75, 3.05) is 0 Å². The van der Waals surface area contributed by atoms with Crippen LogP contribution in [0.5, 0.6) is 0 Å². The molecule has 0 bridgehead atoms. The van der Waals surface area contributed by atoms with E-state index in [1.807, 2.05) is 36.4 Å². The highest BCUT2D eigenvalue weighted by molar-refractivity contribution is 5.47. The second-order valence-corrected chi connectivity index (χ2v) is 9.08. The smallest absolute Gasteiger partial charge is 0.0819 e. The Morgan fingerprint density at radius 2 is 1.72 bits per heavy atom. The number of nitriles is 1. The molecule has 2 aliphatic rings. The third kappa shape index (κ3) is 5.12. The van der Waals surface area contributed by atoms with Crippen LogP contribution < -0.4 is 0 Å². The summed E-state index contributed by atoms with van der Waals surface area (Å²) < 4.78 is 0. The maximum atomic E-state index is 10.1. The number of benzene rings is 2. The minimum atomic E-state index is -0.378.